The van der Waals surface area contributed by atoms with Crippen LogP contribution < -0.4 is 4.74 Å². The van der Waals surface area contributed by atoms with Crippen molar-refractivity contribution in [2.75, 3.05) is 7.11 Å². The first-order valence-electron chi connectivity index (χ1n) is 7.91. The van der Waals surface area contributed by atoms with Crippen LogP contribution >= 0.6 is 0 Å². The molecule has 146 valence electrons. The molecular weight excluding hydrogens is 386 g/mol. The van der Waals surface area contributed by atoms with Crippen LogP contribution in [0.1, 0.15) is 27.0 Å². The lowest BCUT2D eigenvalue weighted by atomic mass is 9.94. The van der Waals surface area contributed by atoms with Crippen molar-refractivity contribution >= 4 is 16.6 Å². The number of alkyl halides is 6. The second kappa shape index (κ2) is 6.85. The van der Waals surface area contributed by atoms with Gasteiger partial charge < -0.3 is 4.74 Å². The molecule has 0 aliphatic rings. The van der Waals surface area contributed by atoms with Crippen LogP contribution in [0.3, 0.4) is 0 Å². The third-order valence-corrected chi connectivity index (χ3v) is 4.17. The van der Waals surface area contributed by atoms with E-state index in [9.17, 15) is 31.1 Å². The fourth-order valence-corrected chi connectivity index (χ4v) is 2.83. The van der Waals surface area contributed by atoms with Gasteiger partial charge in [-0.3, -0.25) is 4.79 Å². The van der Waals surface area contributed by atoms with Gasteiger partial charge in [-0.1, -0.05) is 24.3 Å². The topological polar surface area (TPSA) is 26.3 Å². The monoisotopic (exact) mass is 398 g/mol. The molecule has 0 radical (unpaired) electrons. The third kappa shape index (κ3) is 3.81. The molecule has 0 heterocycles. The number of methoxy groups -OCH3 is 1. The Labute approximate surface area is 155 Å². The Morgan fingerprint density at radius 1 is 0.821 bits per heavy atom. The number of carbonyl (C=O) groups excluding carboxylic acids is 1. The van der Waals surface area contributed by atoms with Gasteiger partial charge in [0, 0.05) is 11.1 Å². The second-order valence-electron chi connectivity index (χ2n) is 6.02. The number of halogens is 6. The number of rotatable bonds is 3. The molecule has 0 saturated carbocycles. The summed E-state index contributed by atoms with van der Waals surface area (Å²) in [7, 11) is 1.34. The van der Waals surface area contributed by atoms with Crippen molar-refractivity contribution in [2.45, 2.75) is 12.4 Å². The molecule has 3 aromatic rings. The summed E-state index contributed by atoms with van der Waals surface area (Å²) in [6.45, 7) is 0. The van der Waals surface area contributed by atoms with Gasteiger partial charge in [0.25, 0.3) is 0 Å². The fourth-order valence-electron chi connectivity index (χ4n) is 2.83. The van der Waals surface area contributed by atoms with Crippen molar-refractivity contribution in [3.63, 3.8) is 0 Å². The van der Waals surface area contributed by atoms with Crippen LogP contribution in [0.4, 0.5) is 26.3 Å². The minimum Gasteiger partial charge on any atom is -0.497 e. The zero-order chi connectivity index (χ0) is 20.7. The van der Waals surface area contributed by atoms with Crippen molar-refractivity contribution < 1.29 is 35.9 Å². The van der Waals surface area contributed by atoms with Gasteiger partial charge >= 0.3 is 12.4 Å². The molecule has 0 atom stereocenters. The molecule has 0 unspecified atom stereocenters. The highest BCUT2D eigenvalue weighted by molar-refractivity contribution is 6.17. The summed E-state index contributed by atoms with van der Waals surface area (Å²) in [5.41, 5.74) is -3.85. The predicted octanol–water partition coefficient (Wildman–Crippen LogP) is 6.12. The van der Waals surface area contributed by atoms with E-state index in [1.807, 2.05) is 0 Å². The normalized spacial score (nSPS) is 12.2. The highest BCUT2D eigenvalue weighted by atomic mass is 19.4. The SMILES string of the molecule is COc1cc(C(=O)c2cc(C(F)(F)F)cc(C(F)(F)F)c2)c2ccccc2c1. The fraction of sp³-hybridized carbons (Fsp3) is 0.150. The maximum absolute atomic E-state index is 13.1. The predicted molar refractivity (Wildman–Crippen MR) is 90.4 cm³/mol. The number of carbonyl (C=O) groups is 1. The molecule has 0 aromatic heterocycles. The molecule has 0 bridgehead atoms. The van der Waals surface area contributed by atoms with Gasteiger partial charge in [-0.05, 0) is 41.1 Å². The molecule has 3 aromatic carbocycles. The molecule has 0 aliphatic carbocycles. The molecule has 0 spiro atoms. The van der Waals surface area contributed by atoms with E-state index in [0.717, 1.165) is 0 Å². The van der Waals surface area contributed by atoms with E-state index in [-0.39, 0.29) is 17.4 Å². The summed E-state index contributed by atoms with van der Waals surface area (Å²) in [6.07, 6.45) is -10.1. The van der Waals surface area contributed by atoms with Gasteiger partial charge in [0.2, 0.25) is 0 Å². The third-order valence-electron chi connectivity index (χ3n) is 4.17. The van der Waals surface area contributed by atoms with E-state index in [1.54, 1.807) is 30.3 Å². The van der Waals surface area contributed by atoms with Gasteiger partial charge in [0.15, 0.2) is 5.78 Å². The Morgan fingerprint density at radius 3 is 1.93 bits per heavy atom. The summed E-state index contributed by atoms with van der Waals surface area (Å²) in [5.74, 6) is -0.711. The Hall–Kier alpha value is -3.03. The zero-order valence-corrected chi connectivity index (χ0v) is 14.3. The lowest BCUT2D eigenvalue weighted by Gasteiger charge is -2.15. The second-order valence-corrected chi connectivity index (χ2v) is 6.02. The van der Waals surface area contributed by atoms with Crippen LogP contribution in [-0.2, 0) is 12.4 Å². The molecular formula is C20H12F6O2. The van der Waals surface area contributed by atoms with Crippen LogP contribution in [0.5, 0.6) is 5.75 Å². The van der Waals surface area contributed by atoms with Crippen LogP contribution in [0.15, 0.2) is 54.6 Å². The maximum atomic E-state index is 13.1. The van der Waals surface area contributed by atoms with E-state index in [1.165, 1.54) is 13.2 Å². The van der Waals surface area contributed by atoms with Gasteiger partial charge in [0.05, 0.1) is 18.2 Å². The Balaban J connectivity index is 2.24. The van der Waals surface area contributed by atoms with E-state index in [4.69, 9.17) is 4.74 Å². The van der Waals surface area contributed by atoms with Crippen molar-refractivity contribution in [3.8, 4) is 5.75 Å². The van der Waals surface area contributed by atoms with Crippen molar-refractivity contribution in [1.29, 1.82) is 0 Å². The molecule has 0 amide bonds. The summed E-state index contributed by atoms with van der Waals surface area (Å²) in [5, 5.41) is 0.951. The molecule has 8 heteroatoms. The minimum atomic E-state index is -5.03. The quantitative estimate of drug-likeness (QED) is 0.393. The first-order chi connectivity index (χ1) is 13.0. The first kappa shape index (κ1) is 19.7. The van der Waals surface area contributed by atoms with Gasteiger partial charge in [-0.15, -0.1) is 0 Å². The Kier molecular flexibility index (Phi) is 4.82. The van der Waals surface area contributed by atoms with E-state index in [0.29, 0.717) is 22.9 Å². The standard InChI is InChI=1S/C20H12F6O2/c1-28-15-8-11-4-2-3-5-16(11)17(10-15)18(27)12-6-13(19(21,22)23)9-14(7-12)20(24,25)26/h2-10H,1H3. The highest BCUT2D eigenvalue weighted by Crippen LogP contribution is 2.37. The number of fused-ring (bicyclic) bond motifs is 1. The van der Waals surface area contributed by atoms with Gasteiger partial charge in [-0.25, -0.2) is 0 Å². The highest BCUT2D eigenvalue weighted by Gasteiger charge is 2.37. The number of hydrogen-bond acceptors (Lipinski definition) is 2. The minimum absolute atomic E-state index is 0.0134. The van der Waals surface area contributed by atoms with E-state index in [2.05, 4.69) is 0 Å². The van der Waals surface area contributed by atoms with Crippen LogP contribution in [0.2, 0.25) is 0 Å². The largest absolute Gasteiger partial charge is 0.497 e. The van der Waals surface area contributed by atoms with E-state index >= 15 is 0 Å². The summed E-state index contributed by atoms with van der Waals surface area (Å²) < 4.78 is 83.5. The number of ether oxygens (including phenoxy) is 1. The van der Waals surface area contributed by atoms with Crippen LogP contribution in [0.25, 0.3) is 10.8 Å². The van der Waals surface area contributed by atoms with Crippen molar-refractivity contribution in [3.05, 3.63) is 76.9 Å². The van der Waals surface area contributed by atoms with Gasteiger partial charge in [0.1, 0.15) is 5.75 Å². The average Bonchev–Trinajstić information content (AvgIpc) is 2.64. The lowest BCUT2D eigenvalue weighted by molar-refractivity contribution is -0.143. The smallest absolute Gasteiger partial charge is 0.416 e. The summed E-state index contributed by atoms with van der Waals surface area (Å²) in [4.78, 5) is 12.9. The number of hydrogen-bond donors (Lipinski definition) is 0. The summed E-state index contributed by atoms with van der Waals surface area (Å²) in [6, 6.07) is 10.2. The van der Waals surface area contributed by atoms with E-state index < -0.39 is 34.8 Å². The zero-order valence-electron chi connectivity index (χ0n) is 14.3. The van der Waals surface area contributed by atoms with Crippen LogP contribution in [-0.4, -0.2) is 12.9 Å². The lowest BCUT2D eigenvalue weighted by Crippen LogP contribution is -2.14. The molecule has 0 fully saturated rings. The average molecular weight is 398 g/mol. The molecule has 0 N–H and O–H groups in total. The molecule has 2 nitrogen and oxygen atoms in total. The molecule has 0 aliphatic heterocycles. The molecule has 3 rings (SSSR count). The molecule has 28 heavy (non-hydrogen) atoms. The van der Waals surface area contributed by atoms with Crippen molar-refractivity contribution in [2.24, 2.45) is 0 Å². The molecule has 0 saturated heterocycles. The first-order valence-corrected chi connectivity index (χ1v) is 7.91. The van der Waals surface area contributed by atoms with Crippen LogP contribution in [0, 0.1) is 0 Å². The number of ketones is 1. The van der Waals surface area contributed by atoms with Gasteiger partial charge in [-0.2, -0.15) is 26.3 Å². The summed E-state index contributed by atoms with van der Waals surface area (Å²) >= 11 is 0. The Bertz CT molecular complexity index is 1020. The number of benzene rings is 3. The van der Waals surface area contributed by atoms with Crippen molar-refractivity contribution in [1.82, 2.24) is 0 Å². The Morgan fingerprint density at radius 2 is 1.39 bits per heavy atom. The maximum Gasteiger partial charge on any atom is 0.416 e.